The third-order valence-electron chi connectivity index (χ3n) is 3.90. The maximum atomic E-state index is 6.33. The van der Waals surface area contributed by atoms with E-state index in [1.165, 1.54) is 0 Å². The van der Waals surface area contributed by atoms with Gasteiger partial charge in [-0.3, -0.25) is 0 Å². The van der Waals surface area contributed by atoms with Crippen molar-refractivity contribution in [3.63, 3.8) is 0 Å². The highest BCUT2D eigenvalue weighted by molar-refractivity contribution is 5.77. The lowest BCUT2D eigenvalue weighted by Gasteiger charge is -2.29. The van der Waals surface area contributed by atoms with Crippen LogP contribution in [0.25, 0.3) is 11.0 Å². The standard InChI is InChI=1S/C14H20N4O/c1-9-17-11-7-10(3-4-13(11)18(9)2)14(15)12-8-19-6-5-16-12/h3-4,7,12,14,16H,5-6,8,15H2,1-2H3. The molecule has 1 aliphatic heterocycles. The van der Waals surface area contributed by atoms with Gasteiger partial charge in [0, 0.05) is 25.7 Å². The van der Waals surface area contributed by atoms with Gasteiger partial charge in [0.1, 0.15) is 5.82 Å². The molecule has 0 aliphatic carbocycles. The molecule has 1 aliphatic rings. The largest absolute Gasteiger partial charge is 0.378 e. The van der Waals surface area contributed by atoms with E-state index in [1.54, 1.807) is 0 Å². The lowest BCUT2D eigenvalue weighted by molar-refractivity contribution is 0.0685. The summed E-state index contributed by atoms with van der Waals surface area (Å²) in [6.07, 6.45) is 0. The monoisotopic (exact) mass is 260 g/mol. The van der Waals surface area contributed by atoms with Crippen LogP contribution in [0.2, 0.25) is 0 Å². The summed E-state index contributed by atoms with van der Waals surface area (Å²) in [6.45, 7) is 4.31. The van der Waals surface area contributed by atoms with Gasteiger partial charge in [-0.25, -0.2) is 4.98 Å². The van der Waals surface area contributed by atoms with Crippen LogP contribution in [0.3, 0.4) is 0 Å². The van der Waals surface area contributed by atoms with Crippen LogP contribution in [0.1, 0.15) is 17.4 Å². The summed E-state index contributed by atoms with van der Waals surface area (Å²) in [5.41, 5.74) is 9.58. The molecule has 1 fully saturated rings. The van der Waals surface area contributed by atoms with E-state index >= 15 is 0 Å². The molecule has 1 saturated heterocycles. The van der Waals surface area contributed by atoms with E-state index in [0.717, 1.165) is 35.6 Å². The minimum atomic E-state index is -0.0630. The van der Waals surface area contributed by atoms with Gasteiger partial charge in [0.15, 0.2) is 0 Å². The van der Waals surface area contributed by atoms with Crippen molar-refractivity contribution < 1.29 is 4.74 Å². The normalized spacial score (nSPS) is 21.7. The Hall–Kier alpha value is -1.43. The van der Waals surface area contributed by atoms with E-state index < -0.39 is 0 Å². The predicted molar refractivity (Wildman–Crippen MR) is 75.0 cm³/mol. The molecule has 102 valence electrons. The van der Waals surface area contributed by atoms with Crippen LogP contribution >= 0.6 is 0 Å². The molecular formula is C14H20N4O. The molecule has 1 aromatic heterocycles. The average molecular weight is 260 g/mol. The molecule has 2 atom stereocenters. The van der Waals surface area contributed by atoms with E-state index in [-0.39, 0.29) is 12.1 Å². The molecule has 19 heavy (non-hydrogen) atoms. The molecular weight excluding hydrogens is 240 g/mol. The first-order valence-electron chi connectivity index (χ1n) is 6.66. The SMILES string of the molecule is Cc1nc2cc(C(N)C3COCCN3)ccc2n1C. The summed E-state index contributed by atoms with van der Waals surface area (Å²) in [7, 11) is 2.03. The average Bonchev–Trinajstić information content (AvgIpc) is 2.74. The van der Waals surface area contributed by atoms with Crippen molar-refractivity contribution in [2.45, 2.75) is 19.0 Å². The molecule has 0 spiro atoms. The molecule has 5 nitrogen and oxygen atoms in total. The smallest absolute Gasteiger partial charge is 0.106 e. The molecule has 0 bridgehead atoms. The van der Waals surface area contributed by atoms with Crippen molar-refractivity contribution in [2.24, 2.45) is 12.8 Å². The Morgan fingerprint density at radius 2 is 2.37 bits per heavy atom. The highest BCUT2D eigenvalue weighted by atomic mass is 16.5. The van der Waals surface area contributed by atoms with Gasteiger partial charge in [0.05, 0.1) is 24.2 Å². The number of aryl methyl sites for hydroxylation is 2. The quantitative estimate of drug-likeness (QED) is 0.841. The van der Waals surface area contributed by atoms with Crippen molar-refractivity contribution >= 4 is 11.0 Å². The molecule has 3 rings (SSSR count). The Labute approximate surface area is 112 Å². The number of rotatable bonds is 2. The fourth-order valence-electron chi connectivity index (χ4n) is 2.59. The number of aromatic nitrogens is 2. The van der Waals surface area contributed by atoms with Gasteiger partial charge in [0.25, 0.3) is 0 Å². The number of morpholine rings is 1. The van der Waals surface area contributed by atoms with Gasteiger partial charge in [-0.1, -0.05) is 6.07 Å². The van der Waals surface area contributed by atoms with Gasteiger partial charge < -0.3 is 20.4 Å². The molecule has 3 N–H and O–H groups in total. The van der Waals surface area contributed by atoms with Gasteiger partial charge in [-0.05, 0) is 24.6 Å². The third kappa shape index (κ3) is 2.25. The number of hydrogen-bond donors (Lipinski definition) is 2. The van der Waals surface area contributed by atoms with Crippen LogP contribution in [-0.4, -0.2) is 35.4 Å². The Morgan fingerprint density at radius 3 is 3.11 bits per heavy atom. The van der Waals surface area contributed by atoms with E-state index in [0.29, 0.717) is 6.61 Å². The third-order valence-corrected chi connectivity index (χ3v) is 3.90. The summed E-state index contributed by atoms with van der Waals surface area (Å²) in [6, 6.07) is 6.38. The Bertz CT molecular complexity index is 586. The lowest BCUT2D eigenvalue weighted by atomic mass is 9.99. The van der Waals surface area contributed by atoms with Crippen LogP contribution in [-0.2, 0) is 11.8 Å². The fourth-order valence-corrected chi connectivity index (χ4v) is 2.59. The first-order chi connectivity index (χ1) is 9.16. The zero-order chi connectivity index (χ0) is 13.4. The van der Waals surface area contributed by atoms with Crippen molar-refractivity contribution in [3.05, 3.63) is 29.6 Å². The minimum absolute atomic E-state index is 0.0630. The summed E-state index contributed by atoms with van der Waals surface area (Å²) in [5.74, 6) is 1.01. The second kappa shape index (κ2) is 4.92. The second-order valence-electron chi connectivity index (χ2n) is 5.13. The fraction of sp³-hybridized carbons (Fsp3) is 0.500. The van der Waals surface area contributed by atoms with Gasteiger partial charge in [0.2, 0.25) is 0 Å². The molecule has 2 heterocycles. The summed E-state index contributed by atoms with van der Waals surface area (Å²) < 4.78 is 7.56. The Balaban J connectivity index is 1.91. The Kier molecular flexibility index (Phi) is 3.26. The van der Waals surface area contributed by atoms with E-state index in [2.05, 4.69) is 33.1 Å². The summed E-state index contributed by atoms with van der Waals surface area (Å²) >= 11 is 0. The number of imidazole rings is 1. The minimum Gasteiger partial charge on any atom is -0.378 e. The molecule has 0 amide bonds. The van der Waals surface area contributed by atoms with Gasteiger partial charge in [-0.15, -0.1) is 0 Å². The van der Waals surface area contributed by atoms with Gasteiger partial charge in [-0.2, -0.15) is 0 Å². The van der Waals surface area contributed by atoms with Gasteiger partial charge >= 0.3 is 0 Å². The number of nitrogens with two attached hydrogens (primary N) is 1. The van der Waals surface area contributed by atoms with E-state index in [1.807, 2.05) is 14.0 Å². The van der Waals surface area contributed by atoms with Crippen LogP contribution in [0, 0.1) is 6.92 Å². The van der Waals surface area contributed by atoms with Crippen LogP contribution in [0.5, 0.6) is 0 Å². The number of fused-ring (bicyclic) bond motifs is 1. The van der Waals surface area contributed by atoms with Crippen molar-refractivity contribution in [2.75, 3.05) is 19.8 Å². The maximum absolute atomic E-state index is 6.33. The molecule has 5 heteroatoms. The number of ether oxygens (including phenoxy) is 1. The van der Waals surface area contributed by atoms with Crippen LogP contribution in [0.15, 0.2) is 18.2 Å². The highest BCUT2D eigenvalue weighted by Gasteiger charge is 2.22. The molecule has 0 saturated carbocycles. The summed E-state index contributed by atoms with van der Waals surface area (Å²) in [4.78, 5) is 4.56. The van der Waals surface area contributed by atoms with E-state index in [9.17, 15) is 0 Å². The predicted octanol–water partition coefficient (Wildman–Crippen LogP) is 0.870. The number of benzene rings is 1. The van der Waals surface area contributed by atoms with Crippen molar-refractivity contribution in [3.8, 4) is 0 Å². The topological polar surface area (TPSA) is 65.1 Å². The first-order valence-corrected chi connectivity index (χ1v) is 6.66. The summed E-state index contributed by atoms with van der Waals surface area (Å²) in [5, 5.41) is 3.41. The number of hydrogen-bond acceptors (Lipinski definition) is 4. The first kappa shape index (κ1) is 12.6. The zero-order valence-electron chi connectivity index (χ0n) is 11.4. The molecule has 2 unspecified atom stereocenters. The molecule has 2 aromatic rings. The van der Waals surface area contributed by atoms with Crippen molar-refractivity contribution in [1.29, 1.82) is 0 Å². The van der Waals surface area contributed by atoms with Crippen LogP contribution in [0.4, 0.5) is 0 Å². The number of nitrogens with zero attached hydrogens (tertiary/aromatic N) is 2. The number of nitrogens with one attached hydrogen (secondary N) is 1. The highest BCUT2D eigenvalue weighted by Crippen LogP contribution is 2.22. The Morgan fingerprint density at radius 1 is 1.53 bits per heavy atom. The zero-order valence-corrected chi connectivity index (χ0v) is 11.4. The molecule has 1 aromatic carbocycles. The van der Waals surface area contributed by atoms with Crippen molar-refractivity contribution in [1.82, 2.24) is 14.9 Å². The van der Waals surface area contributed by atoms with Crippen LogP contribution < -0.4 is 11.1 Å². The van der Waals surface area contributed by atoms with E-state index in [4.69, 9.17) is 10.5 Å². The second-order valence-corrected chi connectivity index (χ2v) is 5.13. The molecule has 0 radical (unpaired) electrons. The lowest BCUT2D eigenvalue weighted by Crippen LogP contribution is -2.47. The maximum Gasteiger partial charge on any atom is 0.106 e.